The van der Waals surface area contributed by atoms with Crippen LogP contribution in [0.3, 0.4) is 0 Å². The first-order valence-corrected chi connectivity index (χ1v) is 19.4. The summed E-state index contributed by atoms with van der Waals surface area (Å²) in [7, 11) is 0. The summed E-state index contributed by atoms with van der Waals surface area (Å²) in [5.41, 5.74) is 0. The van der Waals surface area contributed by atoms with Gasteiger partial charge in [0.1, 0.15) is 0 Å². The fourth-order valence-electron chi connectivity index (χ4n) is 9.58. The van der Waals surface area contributed by atoms with Gasteiger partial charge in [0.15, 0.2) is 0 Å². The molecule has 6 aliphatic carbocycles. The summed E-state index contributed by atoms with van der Waals surface area (Å²) in [6, 6.07) is 0. The molecular weight excluding hydrogens is 705 g/mol. The van der Waals surface area contributed by atoms with Crippen LogP contribution in [0.2, 0.25) is 0 Å². The maximum absolute atomic E-state index is 3.04. The van der Waals surface area contributed by atoms with Crippen LogP contribution in [-0.2, 0) is 0 Å². The third-order valence-electron chi connectivity index (χ3n) is 11.6. The molecule has 0 amide bonds. The molecule has 7 rings (SSSR count). The molecule has 7 fully saturated rings. The molecule has 8 unspecified atom stereocenters. The van der Waals surface area contributed by atoms with E-state index in [-0.39, 0.29) is 0 Å². The topological polar surface area (TPSA) is 0 Å². The van der Waals surface area contributed by atoms with Crippen molar-refractivity contribution in [3.63, 3.8) is 0 Å². The predicted molar refractivity (Wildman–Crippen MR) is 156 cm³/mol. The van der Waals surface area contributed by atoms with Gasteiger partial charge in [-0.3, -0.25) is 0 Å². The molecule has 0 aromatic rings. The average Bonchev–Trinajstić information content (AvgIpc) is 3.09. The van der Waals surface area contributed by atoms with Crippen LogP contribution in [0.4, 0.5) is 0 Å². The first-order chi connectivity index (χ1) is 14.3. The summed E-state index contributed by atoms with van der Waals surface area (Å²) in [6.45, 7) is 10.3. The fourth-order valence-corrected chi connectivity index (χ4v) is 21.7. The van der Waals surface area contributed by atoms with Crippen LogP contribution >= 0.6 is 65.0 Å². The molecule has 172 valence electrons. The quantitative estimate of drug-likeness (QED) is 0.195. The summed E-state index contributed by atoms with van der Waals surface area (Å²) in [6.07, 6.45) is 14.4. The first-order valence-electron chi connectivity index (χ1n) is 13.3. The van der Waals surface area contributed by atoms with Crippen LogP contribution in [0.1, 0.15) is 85.5 Å². The zero-order chi connectivity index (χ0) is 20.9. The van der Waals surface area contributed by atoms with Gasteiger partial charge in [-0.25, -0.2) is 0 Å². The van der Waals surface area contributed by atoms with Gasteiger partial charge in [0, 0.05) is 3.92 Å². The van der Waals surface area contributed by atoms with Crippen LogP contribution in [0, 0.1) is 53.3 Å². The van der Waals surface area contributed by atoms with Crippen molar-refractivity contribution in [1.29, 1.82) is 0 Å². The van der Waals surface area contributed by atoms with E-state index in [1.807, 2.05) is 0 Å². The van der Waals surface area contributed by atoms with Crippen LogP contribution in [0.15, 0.2) is 0 Å². The number of halogens is 3. The molecule has 6 saturated carbocycles. The molecule has 1 heterocycles. The molecule has 1 aliphatic heterocycles. The van der Waals surface area contributed by atoms with Gasteiger partial charge in [-0.2, -0.15) is 0 Å². The Morgan fingerprint density at radius 2 is 1.57 bits per heavy atom. The average molecular weight is 748 g/mol. The van der Waals surface area contributed by atoms with E-state index in [4.69, 9.17) is 0 Å². The van der Waals surface area contributed by atoms with E-state index < -0.39 is 19.8 Å². The van der Waals surface area contributed by atoms with Crippen molar-refractivity contribution in [3.05, 3.63) is 0 Å². The van der Waals surface area contributed by atoms with Gasteiger partial charge in [0.25, 0.3) is 0 Å². The van der Waals surface area contributed by atoms with Gasteiger partial charge in [-0.1, -0.05) is 36.4 Å². The van der Waals surface area contributed by atoms with E-state index in [9.17, 15) is 0 Å². The van der Waals surface area contributed by atoms with Crippen molar-refractivity contribution in [1.82, 2.24) is 0 Å². The van der Waals surface area contributed by atoms with Gasteiger partial charge >= 0.3 is 183 Å². The SMILES string of the molecule is C[C@@H]1C(I)[C@H](C)C1C1CCCC(C2(I)C3CC2C3CC2CCC(I3[C@H](C)[C@@H]3C)C2)C1. The Morgan fingerprint density at radius 1 is 0.867 bits per heavy atom. The van der Waals surface area contributed by atoms with Gasteiger partial charge < -0.3 is 0 Å². The zero-order valence-corrected chi connectivity index (χ0v) is 26.0. The Hall–Kier alpha value is 2.19. The van der Waals surface area contributed by atoms with Gasteiger partial charge in [0.05, 0.1) is 0 Å². The monoisotopic (exact) mass is 748 g/mol. The molecule has 30 heavy (non-hydrogen) atoms. The summed E-state index contributed by atoms with van der Waals surface area (Å²) >= 11 is 5.28. The molecule has 0 N–H and O–H groups in total. The summed E-state index contributed by atoms with van der Waals surface area (Å²) in [4.78, 5) is 0. The van der Waals surface area contributed by atoms with Gasteiger partial charge in [-0.15, -0.1) is 0 Å². The first kappa shape index (κ1) is 22.6. The van der Waals surface area contributed by atoms with E-state index in [2.05, 4.69) is 72.9 Å². The molecule has 2 bridgehead atoms. The fraction of sp³-hybridized carbons (Fsp3) is 1.00. The molecule has 0 radical (unpaired) electrons. The maximum atomic E-state index is 3.04. The molecule has 0 nitrogen and oxygen atoms in total. The predicted octanol–water partition coefficient (Wildman–Crippen LogP) is 8.79. The third-order valence-corrected chi connectivity index (χ3v) is 25.4. The Balaban J connectivity index is 1.04. The van der Waals surface area contributed by atoms with Crippen molar-refractivity contribution in [3.8, 4) is 0 Å². The Bertz CT molecular complexity index is 649. The van der Waals surface area contributed by atoms with E-state index in [0.717, 1.165) is 60.6 Å². The molecule has 3 heteroatoms. The number of rotatable bonds is 5. The molecule has 1 saturated heterocycles. The third kappa shape index (κ3) is 3.23. The molecule has 12 atom stereocenters. The minimum absolute atomic E-state index is 0.504. The molecular formula is C27H43I3. The minimum atomic E-state index is -0.504. The van der Waals surface area contributed by atoms with E-state index in [0.29, 0.717) is 0 Å². The van der Waals surface area contributed by atoms with E-state index >= 15 is 0 Å². The van der Waals surface area contributed by atoms with Crippen molar-refractivity contribution >= 4 is 65.0 Å². The zero-order valence-electron chi connectivity index (χ0n) is 19.5. The van der Waals surface area contributed by atoms with Crippen molar-refractivity contribution in [2.75, 3.05) is 0 Å². The van der Waals surface area contributed by atoms with Crippen molar-refractivity contribution in [2.24, 2.45) is 53.3 Å². The van der Waals surface area contributed by atoms with Crippen molar-refractivity contribution in [2.45, 2.75) is 105 Å². The number of alkyl halides is 5. The molecule has 0 aromatic heterocycles. The van der Waals surface area contributed by atoms with Crippen LogP contribution in [0.5, 0.6) is 0 Å². The van der Waals surface area contributed by atoms with Crippen LogP contribution < -0.4 is 0 Å². The normalized spacial score (nSPS) is 63.0. The Labute approximate surface area is 220 Å². The Morgan fingerprint density at radius 3 is 2.20 bits per heavy atom. The van der Waals surface area contributed by atoms with Gasteiger partial charge in [0.2, 0.25) is 0 Å². The van der Waals surface area contributed by atoms with Crippen molar-refractivity contribution < 1.29 is 0 Å². The van der Waals surface area contributed by atoms with Gasteiger partial charge in [-0.05, 0) is 0 Å². The van der Waals surface area contributed by atoms with E-state index in [1.54, 1.807) is 57.8 Å². The van der Waals surface area contributed by atoms with Crippen LogP contribution in [0.25, 0.3) is 0 Å². The van der Waals surface area contributed by atoms with E-state index in [1.165, 1.54) is 11.8 Å². The summed E-state index contributed by atoms with van der Waals surface area (Å²) in [5.74, 6) is 9.69. The molecule has 7 aliphatic rings. The number of hydrogen-bond acceptors (Lipinski definition) is 0. The number of hydrogen-bond donors (Lipinski definition) is 0. The second-order valence-electron chi connectivity index (χ2n) is 12.5. The molecule has 0 aromatic carbocycles. The summed E-state index contributed by atoms with van der Waals surface area (Å²) < 4.78 is 5.34. The second-order valence-corrected chi connectivity index (χ2v) is 23.7. The Kier molecular flexibility index (Phi) is 6.12. The summed E-state index contributed by atoms with van der Waals surface area (Å²) in [5, 5.41) is 0. The van der Waals surface area contributed by atoms with Crippen LogP contribution in [-0.4, -0.2) is 19.1 Å². The second kappa shape index (κ2) is 8.11. The standard InChI is InChI=1S/C27H43I3/c1-14-25(15(2)26(14)28)19-6-5-7-20(12-19)27(29)23-13-24(27)22(23)11-18-8-9-21(10-18)30-16(3)17(30)4/h14-26H,5-13H2,1-4H3/t14-,15+,16-,17+,18?,19?,20?,21?,22?,23?,24?,25?,26?,27?. The molecule has 0 spiro atoms.